The van der Waals surface area contributed by atoms with E-state index in [2.05, 4.69) is 59.3 Å². The first kappa shape index (κ1) is 16.8. The van der Waals surface area contributed by atoms with E-state index in [9.17, 15) is 0 Å². The third-order valence-electron chi connectivity index (χ3n) is 6.27. The van der Waals surface area contributed by atoms with Gasteiger partial charge in [-0.25, -0.2) is 0 Å². The second-order valence-corrected chi connectivity index (χ2v) is 8.22. The van der Waals surface area contributed by atoms with Gasteiger partial charge in [0.25, 0.3) is 0 Å². The highest BCUT2D eigenvalue weighted by molar-refractivity contribution is 5.12. The largest absolute Gasteiger partial charge is 0.288 e. The highest BCUT2D eigenvalue weighted by atomic mass is 16.7. The fourth-order valence-corrected chi connectivity index (χ4v) is 3.97. The van der Waals surface area contributed by atoms with Crippen LogP contribution in [0, 0.1) is 11.3 Å². The summed E-state index contributed by atoms with van der Waals surface area (Å²) in [6, 6.07) is 0. The van der Waals surface area contributed by atoms with E-state index >= 15 is 0 Å². The maximum atomic E-state index is 6.49. The first-order valence-electron chi connectivity index (χ1n) is 8.38. The summed E-state index contributed by atoms with van der Waals surface area (Å²) in [7, 11) is 0. The summed E-state index contributed by atoms with van der Waals surface area (Å²) < 4.78 is 0. The zero-order chi connectivity index (χ0) is 15.9. The van der Waals surface area contributed by atoms with Crippen LogP contribution in [-0.2, 0) is 4.84 Å². The molecule has 1 aliphatic carbocycles. The zero-order valence-corrected chi connectivity index (χ0v) is 14.8. The Morgan fingerprint density at radius 2 is 2.05 bits per heavy atom. The number of hydrogen-bond acceptors (Lipinski definition) is 2. The summed E-state index contributed by atoms with van der Waals surface area (Å²) in [6.07, 6.45) is 8.88. The van der Waals surface area contributed by atoms with Gasteiger partial charge in [-0.1, -0.05) is 31.6 Å². The summed E-state index contributed by atoms with van der Waals surface area (Å²) in [4.78, 5) is 6.49. The summed E-state index contributed by atoms with van der Waals surface area (Å²) in [5.41, 5.74) is 1.61. The maximum Gasteiger partial charge on any atom is 0.105 e. The molecular weight excluding hydrogens is 258 g/mol. The molecule has 0 spiro atoms. The van der Waals surface area contributed by atoms with Crippen LogP contribution in [0.2, 0.25) is 0 Å². The van der Waals surface area contributed by atoms with Gasteiger partial charge in [-0.3, -0.25) is 4.84 Å². The molecule has 0 radical (unpaired) electrons. The Labute approximate surface area is 131 Å². The molecule has 21 heavy (non-hydrogen) atoms. The van der Waals surface area contributed by atoms with E-state index in [0.717, 1.165) is 25.3 Å². The van der Waals surface area contributed by atoms with Gasteiger partial charge in [0.05, 0.1) is 0 Å². The van der Waals surface area contributed by atoms with Crippen LogP contribution in [-0.4, -0.2) is 22.7 Å². The molecule has 1 saturated heterocycles. The van der Waals surface area contributed by atoms with E-state index in [4.69, 9.17) is 4.84 Å². The van der Waals surface area contributed by atoms with Crippen molar-refractivity contribution in [1.29, 1.82) is 0 Å². The molecule has 2 bridgehead atoms. The molecule has 2 nitrogen and oxygen atoms in total. The number of hydrogen-bond donors (Lipinski definition) is 0. The van der Waals surface area contributed by atoms with E-state index < -0.39 is 0 Å². The van der Waals surface area contributed by atoms with Crippen molar-refractivity contribution in [2.45, 2.75) is 78.4 Å². The molecule has 0 amide bonds. The molecular formula is C19H33NO. The molecule has 2 aliphatic rings. The predicted octanol–water partition coefficient (Wildman–Crippen LogP) is 5.12. The first-order valence-corrected chi connectivity index (χ1v) is 8.38. The SMILES string of the molecule is C=CC(C)(CCC=C(C)C)ON1CC2CCC1(C)C2(C)C. The lowest BCUT2D eigenvalue weighted by Gasteiger charge is -2.44. The number of rotatable bonds is 6. The summed E-state index contributed by atoms with van der Waals surface area (Å²) >= 11 is 0. The Bertz CT molecular complexity index is 435. The number of nitrogens with zero attached hydrogens (tertiary/aromatic N) is 1. The average Bonchev–Trinajstić information content (AvgIpc) is 2.71. The van der Waals surface area contributed by atoms with Crippen molar-refractivity contribution < 1.29 is 4.84 Å². The molecule has 0 aromatic carbocycles. The van der Waals surface area contributed by atoms with Crippen LogP contribution >= 0.6 is 0 Å². The minimum atomic E-state index is -0.268. The van der Waals surface area contributed by atoms with Crippen molar-refractivity contribution >= 4 is 0 Å². The van der Waals surface area contributed by atoms with Crippen LogP contribution in [0.3, 0.4) is 0 Å². The Hall–Kier alpha value is -0.600. The fraction of sp³-hybridized carbons (Fsp3) is 0.789. The lowest BCUT2D eigenvalue weighted by molar-refractivity contribution is -0.270. The Kier molecular flexibility index (Phi) is 4.43. The molecule has 120 valence electrons. The van der Waals surface area contributed by atoms with Gasteiger partial charge in [0.1, 0.15) is 5.60 Å². The van der Waals surface area contributed by atoms with Crippen molar-refractivity contribution in [3.05, 3.63) is 24.3 Å². The van der Waals surface area contributed by atoms with Crippen molar-refractivity contribution in [3.8, 4) is 0 Å². The highest BCUT2D eigenvalue weighted by Gasteiger charge is 2.62. The second kappa shape index (κ2) is 5.55. The quantitative estimate of drug-likeness (QED) is 0.630. The first-order chi connectivity index (χ1) is 9.64. The normalized spacial score (nSPS) is 33.7. The Balaban J connectivity index is 2.06. The van der Waals surface area contributed by atoms with Crippen molar-refractivity contribution in [3.63, 3.8) is 0 Å². The van der Waals surface area contributed by atoms with E-state index in [0.29, 0.717) is 5.41 Å². The van der Waals surface area contributed by atoms with Gasteiger partial charge in [-0.15, -0.1) is 6.58 Å². The summed E-state index contributed by atoms with van der Waals surface area (Å²) in [5, 5.41) is 2.28. The van der Waals surface area contributed by atoms with Gasteiger partial charge in [0, 0.05) is 12.1 Å². The minimum Gasteiger partial charge on any atom is -0.288 e. The van der Waals surface area contributed by atoms with Crippen LogP contribution in [0.5, 0.6) is 0 Å². The molecule has 2 heteroatoms. The van der Waals surface area contributed by atoms with Gasteiger partial charge in [-0.05, 0) is 64.7 Å². The van der Waals surface area contributed by atoms with Gasteiger partial charge < -0.3 is 0 Å². The van der Waals surface area contributed by atoms with E-state index in [-0.39, 0.29) is 11.1 Å². The standard InChI is InChI=1S/C19H33NO/c1-8-18(6,12-9-10-15(2)3)21-20-14-16-11-13-19(20,7)17(16,4)5/h8,10,16H,1,9,11-14H2,2-7H3. The molecule has 2 fully saturated rings. The third-order valence-corrected chi connectivity index (χ3v) is 6.27. The number of piperidine rings is 1. The van der Waals surface area contributed by atoms with Gasteiger partial charge in [0.2, 0.25) is 0 Å². The van der Waals surface area contributed by atoms with Crippen LogP contribution in [0.4, 0.5) is 0 Å². The van der Waals surface area contributed by atoms with Crippen LogP contribution in [0.15, 0.2) is 24.3 Å². The molecule has 3 unspecified atom stereocenters. The molecule has 1 saturated carbocycles. The topological polar surface area (TPSA) is 12.5 Å². The van der Waals surface area contributed by atoms with Gasteiger partial charge in [0.15, 0.2) is 0 Å². The van der Waals surface area contributed by atoms with Crippen LogP contribution in [0.25, 0.3) is 0 Å². The smallest absolute Gasteiger partial charge is 0.105 e. The molecule has 1 aliphatic heterocycles. The van der Waals surface area contributed by atoms with Gasteiger partial charge >= 0.3 is 0 Å². The molecule has 1 heterocycles. The molecule has 2 rings (SSSR count). The van der Waals surface area contributed by atoms with Gasteiger partial charge in [-0.2, -0.15) is 5.06 Å². The Morgan fingerprint density at radius 1 is 1.38 bits per heavy atom. The van der Waals surface area contributed by atoms with E-state index in [1.807, 2.05) is 6.08 Å². The zero-order valence-electron chi connectivity index (χ0n) is 14.8. The average molecular weight is 291 g/mol. The predicted molar refractivity (Wildman–Crippen MR) is 90.0 cm³/mol. The van der Waals surface area contributed by atoms with Crippen molar-refractivity contribution in [2.75, 3.05) is 6.54 Å². The van der Waals surface area contributed by atoms with E-state index in [1.165, 1.54) is 18.4 Å². The second-order valence-electron chi connectivity index (χ2n) is 8.22. The number of hydroxylamine groups is 2. The molecule has 0 N–H and O–H groups in total. The number of allylic oxidation sites excluding steroid dienone is 2. The Morgan fingerprint density at radius 3 is 2.48 bits per heavy atom. The maximum absolute atomic E-state index is 6.49. The molecule has 3 atom stereocenters. The van der Waals surface area contributed by atoms with Crippen molar-refractivity contribution in [1.82, 2.24) is 5.06 Å². The lowest BCUT2D eigenvalue weighted by atomic mass is 9.75. The third kappa shape index (κ3) is 2.85. The van der Waals surface area contributed by atoms with Crippen LogP contribution in [0.1, 0.15) is 67.2 Å². The number of fused-ring (bicyclic) bond motifs is 2. The summed E-state index contributed by atoms with van der Waals surface area (Å²) in [5.74, 6) is 0.759. The van der Waals surface area contributed by atoms with Crippen molar-refractivity contribution in [2.24, 2.45) is 11.3 Å². The van der Waals surface area contributed by atoms with E-state index in [1.54, 1.807) is 0 Å². The summed E-state index contributed by atoms with van der Waals surface area (Å²) in [6.45, 7) is 18.7. The minimum absolute atomic E-state index is 0.165. The lowest BCUT2D eigenvalue weighted by Crippen LogP contribution is -2.51. The molecule has 0 aromatic heterocycles. The highest BCUT2D eigenvalue weighted by Crippen LogP contribution is 2.59. The monoisotopic (exact) mass is 291 g/mol. The molecule has 0 aromatic rings. The van der Waals surface area contributed by atoms with Crippen LogP contribution < -0.4 is 0 Å². The fourth-order valence-electron chi connectivity index (χ4n) is 3.97.